The van der Waals surface area contributed by atoms with Gasteiger partial charge in [-0.2, -0.15) is 10.1 Å². The van der Waals surface area contributed by atoms with Crippen LogP contribution in [0.2, 0.25) is 0 Å². The lowest BCUT2D eigenvalue weighted by Gasteiger charge is -2.55. The third-order valence-electron chi connectivity index (χ3n) is 10.1. The monoisotopic (exact) mass is 639 g/mol. The Balaban J connectivity index is 2.12. The van der Waals surface area contributed by atoms with E-state index in [4.69, 9.17) is 19.5 Å². The van der Waals surface area contributed by atoms with E-state index in [9.17, 15) is 9.59 Å². The summed E-state index contributed by atoms with van der Waals surface area (Å²) in [5, 5.41) is 13.2. The molecule has 45 heavy (non-hydrogen) atoms. The maximum atomic E-state index is 14.2. The molecule has 8 nitrogen and oxygen atoms in total. The van der Waals surface area contributed by atoms with Gasteiger partial charge in [-0.3, -0.25) is 14.4 Å². The third kappa shape index (κ3) is 12.4. The number of aliphatic carboxylic acids is 1. The van der Waals surface area contributed by atoms with E-state index in [2.05, 4.69) is 72.4 Å². The molecule has 0 aromatic rings. The van der Waals surface area contributed by atoms with Gasteiger partial charge in [-0.25, -0.2) is 0 Å². The second kappa shape index (κ2) is 17.8. The highest BCUT2D eigenvalue weighted by Gasteiger charge is 2.51. The van der Waals surface area contributed by atoms with Crippen LogP contribution >= 0.6 is 0 Å². The van der Waals surface area contributed by atoms with Crippen molar-refractivity contribution in [1.82, 2.24) is 10.1 Å². The number of piperidine rings is 2. The number of nitrogens with zero attached hydrogens (tertiary/aromatic N) is 2. The zero-order valence-electron chi connectivity index (χ0n) is 30.8. The zero-order valence-corrected chi connectivity index (χ0v) is 30.8. The van der Waals surface area contributed by atoms with E-state index in [1.54, 1.807) is 7.11 Å². The quantitative estimate of drug-likeness (QED) is 0.104. The Morgan fingerprint density at radius 2 is 1.20 bits per heavy atom. The summed E-state index contributed by atoms with van der Waals surface area (Å²) in [4.78, 5) is 37.3. The van der Waals surface area contributed by atoms with Crippen LogP contribution < -0.4 is 0 Å². The average molecular weight is 639 g/mol. The van der Waals surface area contributed by atoms with Crippen LogP contribution in [0.25, 0.3) is 0 Å². The van der Waals surface area contributed by atoms with E-state index in [0.29, 0.717) is 6.42 Å². The number of carbonyl (C=O) groups is 2. The van der Waals surface area contributed by atoms with Gasteiger partial charge in [0.2, 0.25) is 0 Å². The number of ether oxygens (including phenoxy) is 1. The Kier molecular flexibility index (Phi) is 15.8. The minimum absolute atomic E-state index is 0.0543. The molecule has 1 N–H and O–H groups in total. The maximum Gasteiger partial charge on any atom is 0.309 e. The lowest BCUT2D eigenvalue weighted by Crippen LogP contribution is -2.62. The second-order valence-corrected chi connectivity index (χ2v) is 16.6. The standard InChI is InChI=1S/C37H70N2O6/c1-11-12-13-14-18-21-24-44-39-34(2,3)25-29(26-35(39,4)5)31(22-19-16-15-17-20-23-32(40)41)33(42)45-30-27-36(6,7)38(43-10)37(8,9)28-30/h29-31H,11-28H2,1-10H3,(H,40,41). The largest absolute Gasteiger partial charge is 0.481 e. The molecule has 264 valence electrons. The summed E-state index contributed by atoms with van der Waals surface area (Å²) in [6.45, 7) is 20.7. The Labute approximate surface area is 276 Å². The van der Waals surface area contributed by atoms with Gasteiger partial charge in [0.15, 0.2) is 0 Å². The van der Waals surface area contributed by atoms with Gasteiger partial charge in [0.05, 0.1) is 19.6 Å². The number of carbonyl (C=O) groups excluding carboxylic acids is 1. The van der Waals surface area contributed by atoms with E-state index < -0.39 is 5.97 Å². The van der Waals surface area contributed by atoms with Gasteiger partial charge in [0.1, 0.15) is 6.10 Å². The molecule has 0 spiro atoms. The molecule has 1 unspecified atom stereocenters. The van der Waals surface area contributed by atoms with Gasteiger partial charge in [-0.05, 0) is 93.4 Å². The van der Waals surface area contributed by atoms with Gasteiger partial charge in [0, 0.05) is 41.4 Å². The number of rotatable bonds is 20. The van der Waals surface area contributed by atoms with Crippen LogP contribution in [0.15, 0.2) is 0 Å². The summed E-state index contributed by atoms with van der Waals surface area (Å²) in [5.41, 5.74) is -0.930. The number of esters is 1. The minimum Gasteiger partial charge on any atom is -0.481 e. The molecule has 0 aliphatic carbocycles. The van der Waals surface area contributed by atoms with Gasteiger partial charge in [-0.1, -0.05) is 64.7 Å². The number of hydrogen-bond acceptors (Lipinski definition) is 7. The average Bonchev–Trinajstić information content (AvgIpc) is 2.88. The maximum absolute atomic E-state index is 14.2. The van der Waals surface area contributed by atoms with Crippen molar-refractivity contribution in [2.75, 3.05) is 13.7 Å². The third-order valence-corrected chi connectivity index (χ3v) is 10.1. The van der Waals surface area contributed by atoms with Crippen LogP contribution in [0.5, 0.6) is 0 Å². The van der Waals surface area contributed by atoms with E-state index in [1.165, 1.54) is 32.1 Å². The molecule has 2 heterocycles. The van der Waals surface area contributed by atoms with E-state index in [1.807, 2.05) is 0 Å². The zero-order chi connectivity index (χ0) is 33.9. The first-order chi connectivity index (χ1) is 21.0. The van der Waals surface area contributed by atoms with Crippen molar-refractivity contribution in [2.45, 2.75) is 200 Å². The summed E-state index contributed by atoms with van der Waals surface area (Å²) in [5.74, 6) is -0.757. The number of hydroxylamine groups is 4. The number of hydrogen-bond donors (Lipinski definition) is 1. The summed E-state index contributed by atoms with van der Waals surface area (Å²) in [7, 11) is 1.72. The van der Waals surface area contributed by atoms with Crippen molar-refractivity contribution in [2.24, 2.45) is 11.8 Å². The molecule has 0 bridgehead atoms. The predicted molar refractivity (Wildman–Crippen MR) is 182 cm³/mol. The molecule has 2 aliphatic heterocycles. The Morgan fingerprint density at radius 1 is 0.711 bits per heavy atom. The summed E-state index contributed by atoms with van der Waals surface area (Å²) < 4.78 is 6.44. The molecule has 0 amide bonds. The Bertz CT molecular complexity index is 865. The lowest BCUT2D eigenvalue weighted by molar-refractivity contribution is -0.291. The highest BCUT2D eigenvalue weighted by atomic mass is 16.7. The molecule has 0 saturated carbocycles. The molecule has 2 aliphatic rings. The second-order valence-electron chi connectivity index (χ2n) is 16.6. The molecule has 0 radical (unpaired) electrons. The molecule has 2 rings (SSSR count). The van der Waals surface area contributed by atoms with Crippen molar-refractivity contribution < 1.29 is 29.1 Å². The SMILES string of the molecule is CCCCCCCCON1C(C)(C)CC(C(CCCCCCCC(=O)O)C(=O)OC2CC(C)(C)N(OC)C(C)(C)C2)CC1(C)C. The normalized spacial score (nSPS) is 22.7. The van der Waals surface area contributed by atoms with E-state index >= 15 is 0 Å². The molecular weight excluding hydrogens is 568 g/mol. The van der Waals surface area contributed by atoms with Gasteiger partial charge in [0.25, 0.3) is 0 Å². The van der Waals surface area contributed by atoms with Crippen LogP contribution in [0.3, 0.4) is 0 Å². The van der Waals surface area contributed by atoms with Gasteiger partial charge < -0.3 is 14.7 Å². The van der Waals surface area contributed by atoms with Crippen molar-refractivity contribution >= 4 is 11.9 Å². The van der Waals surface area contributed by atoms with E-state index in [0.717, 1.165) is 70.8 Å². The van der Waals surface area contributed by atoms with Crippen molar-refractivity contribution in [3.8, 4) is 0 Å². The molecule has 0 aromatic heterocycles. The van der Waals surface area contributed by atoms with Crippen LogP contribution in [0.1, 0.15) is 171 Å². The fraction of sp³-hybridized carbons (Fsp3) is 0.946. The first-order valence-corrected chi connectivity index (χ1v) is 18.2. The molecule has 8 heteroatoms. The van der Waals surface area contributed by atoms with Gasteiger partial charge in [-0.15, -0.1) is 0 Å². The fourth-order valence-electron chi connectivity index (χ4n) is 8.73. The van der Waals surface area contributed by atoms with Crippen LogP contribution in [0, 0.1) is 11.8 Å². The highest BCUT2D eigenvalue weighted by Crippen LogP contribution is 2.46. The molecule has 2 fully saturated rings. The summed E-state index contributed by atoms with van der Waals surface area (Å²) in [6.07, 6.45) is 16.1. The molecular formula is C37H70N2O6. The molecule has 2 saturated heterocycles. The smallest absolute Gasteiger partial charge is 0.309 e. The first-order valence-electron chi connectivity index (χ1n) is 18.2. The van der Waals surface area contributed by atoms with Crippen molar-refractivity contribution in [3.63, 3.8) is 0 Å². The summed E-state index contributed by atoms with van der Waals surface area (Å²) >= 11 is 0. The Morgan fingerprint density at radius 3 is 1.73 bits per heavy atom. The number of unbranched alkanes of at least 4 members (excludes halogenated alkanes) is 9. The predicted octanol–water partition coefficient (Wildman–Crippen LogP) is 9.11. The summed E-state index contributed by atoms with van der Waals surface area (Å²) in [6, 6.07) is 0. The topological polar surface area (TPSA) is 88.5 Å². The van der Waals surface area contributed by atoms with Crippen molar-refractivity contribution in [3.05, 3.63) is 0 Å². The van der Waals surface area contributed by atoms with Crippen LogP contribution in [-0.4, -0.2) is 69.1 Å². The minimum atomic E-state index is -0.729. The fourth-order valence-corrected chi connectivity index (χ4v) is 8.73. The lowest BCUT2D eigenvalue weighted by atomic mass is 9.69. The van der Waals surface area contributed by atoms with E-state index in [-0.39, 0.29) is 52.5 Å². The first kappa shape index (κ1) is 40.0. The van der Waals surface area contributed by atoms with Crippen LogP contribution in [-0.2, 0) is 24.0 Å². The number of carboxylic acids is 1. The Hall–Kier alpha value is -1.22. The van der Waals surface area contributed by atoms with Crippen LogP contribution in [0.4, 0.5) is 0 Å². The molecule has 1 atom stereocenters. The highest BCUT2D eigenvalue weighted by molar-refractivity contribution is 5.73. The number of carboxylic acid groups (broad SMARTS) is 1. The van der Waals surface area contributed by atoms with Crippen molar-refractivity contribution in [1.29, 1.82) is 0 Å². The van der Waals surface area contributed by atoms with Gasteiger partial charge >= 0.3 is 11.9 Å². The molecule has 0 aromatic carbocycles.